The van der Waals surface area contributed by atoms with Gasteiger partial charge >= 0.3 is 0 Å². The fraction of sp³-hybridized carbons (Fsp3) is 0.750. The zero-order chi connectivity index (χ0) is 19.8. The Balaban J connectivity index is 1.93. The zero-order valence-corrected chi connectivity index (χ0v) is 17.3. The van der Waals surface area contributed by atoms with Crippen LogP contribution in [0.5, 0.6) is 0 Å². The second kappa shape index (κ2) is 7.62. The zero-order valence-electron chi connectivity index (χ0n) is 17.3. The predicted octanol–water partition coefficient (Wildman–Crippen LogP) is 1.88. The van der Waals surface area contributed by atoms with Gasteiger partial charge in [0.25, 0.3) is 5.91 Å². The molecule has 1 unspecified atom stereocenters. The summed E-state index contributed by atoms with van der Waals surface area (Å²) in [5, 5.41) is 5.61. The van der Waals surface area contributed by atoms with E-state index in [-0.39, 0.29) is 17.2 Å². The van der Waals surface area contributed by atoms with E-state index in [1.54, 1.807) is 7.05 Å². The lowest BCUT2D eigenvalue weighted by Gasteiger charge is -2.30. The molecule has 3 rings (SSSR count). The maximum absolute atomic E-state index is 13.1. The van der Waals surface area contributed by atoms with Gasteiger partial charge in [0.2, 0.25) is 5.91 Å². The number of amides is 2. The third-order valence-electron chi connectivity index (χ3n) is 5.81. The Kier molecular flexibility index (Phi) is 5.60. The van der Waals surface area contributed by atoms with E-state index in [9.17, 15) is 9.59 Å². The molecule has 0 aromatic carbocycles. The van der Waals surface area contributed by atoms with Gasteiger partial charge < -0.3 is 15.2 Å². The summed E-state index contributed by atoms with van der Waals surface area (Å²) in [6, 6.07) is -0.608. The Morgan fingerprint density at radius 1 is 1.19 bits per heavy atom. The monoisotopic (exact) mass is 375 g/mol. The first-order chi connectivity index (χ1) is 12.7. The fourth-order valence-electron chi connectivity index (χ4n) is 4.22. The van der Waals surface area contributed by atoms with Gasteiger partial charge in [-0.25, -0.2) is 4.98 Å². The van der Waals surface area contributed by atoms with Crippen LogP contribution in [0.25, 0.3) is 0 Å². The average Bonchev–Trinajstić information content (AvgIpc) is 3.24. The van der Waals surface area contributed by atoms with Crippen LogP contribution in [0.1, 0.15) is 74.4 Å². The van der Waals surface area contributed by atoms with Crippen LogP contribution in [0.15, 0.2) is 0 Å². The number of rotatable bonds is 4. The molecule has 2 amide bonds. The number of aromatic nitrogens is 2. The lowest BCUT2D eigenvalue weighted by Crippen LogP contribution is -2.53. The number of carbonyl (C=O) groups is 2. The van der Waals surface area contributed by atoms with Gasteiger partial charge in [-0.2, -0.15) is 0 Å². The van der Waals surface area contributed by atoms with Gasteiger partial charge in [0, 0.05) is 32.6 Å². The second-order valence-corrected chi connectivity index (χ2v) is 9.02. The van der Waals surface area contributed by atoms with Gasteiger partial charge in [-0.15, -0.1) is 0 Å². The van der Waals surface area contributed by atoms with Crippen molar-refractivity contribution in [3.63, 3.8) is 0 Å². The summed E-state index contributed by atoms with van der Waals surface area (Å²) in [5.41, 5.74) is 1.08. The Morgan fingerprint density at radius 2 is 1.85 bits per heavy atom. The van der Waals surface area contributed by atoms with Gasteiger partial charge in [0.1, 0.15) is 11.9 Å². The fourth-order valence-corrected chi connectivity index (χ4v) is 4.22. The molecule has 7 heteroatoms. The van der Waals surface area contributed by atoms with Crippen molar-refractivity contribution >= 4 is 11.8 Å². The number of hydrogen-bond acceptors (Lipinski definition) is 4. The molecular weight excluding hydrogens is 342 g/mol. The molecule has 0 spiro atoms. The predicted molar refractivity (Wildman–Crippen MR) is 105 cm³/mol. The first-order valence-corrected chi connectivity index (χ1v) is 10.0. The van der Waals surface area contributed by atoms with Crippen LogP contribution >= 0.6 is 0 Å². The van der Waals surface area contributed by atoms with Crippen LogP contribution in [-0.4, -0.2) is 52.9 Å². The number of nitrogens with zero attached hydrogens (tertiary/aromatic N) is 3. The van der Waals surface area contributed by atoms with E-state index in [1.807, 2.05) is 20.8 Å². The Hall–Kier alpha value is -1.89. The first kappa shape index (κ1) is 19.9. The summed E-state index contributed by atoms with van der Waals surface area (Å²) >= 11 is 0. The van der Waals surface area contributed by atoms with Crippen molar-refractivity contribution in [3.05, 3.63) is 17.2 Å². The number of hydrogen-bond donors (Lipinski definition) is 2. The summed E-state index contributed by atoms with van der Waals surface area (Å²) in [6.07, 6.45) is 4.76. The Bertz CT molecular complexity index is 713. The molecule has 7 nitrogen and oxygen atoms in total. The number of fused-ring (bicyclic) bond motifs is 1. The van der Waals surface area contributed by atoms with E-state index in [1.165, 1.54) is 12.8 Å². The number of carbonyl (C=O) groups excluding carboxylic acids is 2. The molecule has 2 aliphatic rings. The number of imidazole rings is 1. The van der Waals surface area contributed by atoms with Crippen molar-refractivity contribution in [2.75, 3.05) is 20.6 Å². The summed E-state index contributed by atoms with van der Waals surface area (Å²) in [6.45, 7) is 8.40. The van der Waals surface area contributed by atoms with Crippen LogP contribution in [0.3, 0.4) is 0 Å². The SMILES string of the molecule is CNC(=O)C(NC(=O)c1nc(C2CCCC2)n2c1CN(C)CC2)C(C)(C)C. The first-order valence-electron chi connectivity index (χ1n) is 10.0. The number of nitrogens with one attached hydrogen (secondary N) is 2. The van der Waals surface area contributed by atoms with E-state index in [0.717, 1.165) is 37.4 Å². The van der Waals surface area contributed by atoms with E-state index in [4.69, 9.17) is 4.98 Å². The normalized spacial score (nSPS) is 19.6. The quantitative estimate of drug-likeness (QED) is 0.842. The van der Waals surface area contributed by atoms with Crippen LogP contribution in [0.2, 0.25) is 0 Å². The topological polar surface area (TPSA) is 79.3 Å². The summed E-state index contributed by atoms with van der Waals surface area (Å²) in [4.78, 5) is 32.5. The highest BCUT2D eigenvalue weighted by Crippen LogP contribution is 2.35. The van der Waals surface area contributed by atoms with E-state index >= 15 is 0 Å². The molecule has 1 aliphatic heterocycles. The molecule has 0 saturated heterocycles. The molecule has 2 heterocycles. The smallest absolute Gasteiger partial charge is 0.272 e. The molecule has 1 atom stereocenters. The van der Waals surface area contributed by atoms with Gasteiger partial charge in [0.15, 0.2) is 5.69 Å². The maximum atomic E-state index is 13.1. The lowest BCUT2D eigenvalue weighted by molar-refractivity contribution is -0.124. The number of likely N-dealkylation sites (N-methyl/N-ethyl adjacent to an activating group) is 2. The van der Waals surface area contributed by atoms with Gasteiger partial charge in [-0.1, -0.05) is 33.6 Å². The molecule has 2 N–H and O–H groups in total. The minimum Gasteiger partial charge on any atom is -0.357 e. The highest BCUT2D eigenvalue weighted by atomic mass is 16.2. The van der Waals surface area contributed by atoms with Crippen molar-refractivity contribution in [3.8, 4) is 0 Å². The van der Waals surface area contributed by atoms with Crippen LogP contribution in [0.4, 0.5) is 0 Å². The third kappa shape index (κ3) is 4.03. The Morgan fingerprint density at radius 3 is 2.44 bits per heavy atom. The van der Waals surface area contributed by atoms with Gasteiger partial charge in [-0.05, 0) is 25.3 Å². The van der Waals surface area contributed by atoms with Crippen molar-refractivity contribution in [1.29, 1.82) is 0 Å². The highest BCUT2D eigenvalue weighted by Gasteiger charge is 2.35. The van der Waals surface area contributed by atoms with Crippen molar-refractivity contribution < 1.29 is 9.59 Å². The maximum Gasteiger partial charge on any atom is 0.272 e. The van der Waals surface area contributed by atoms with Crippen molar-refractivity contribution in [2.45, 2.75) is 71.5 Å². The second-order valence-electron chi connectivity index (χ2n) is 9.02. The van der Waals surface area contributed by atoms with Crippen LogP contribution in [0, 0.1) is 5.41 Å². The molecule has 150 valence electrons. The summed E-state index contributed by atoms with van der Waals surface area (Å²) in [5.74, 6) is 1.08. The highest BCUT2D eigenvalue weighted by molar-refractivity contribution is 5.97. The van der Waals surface area contributed by atoms with E-state index in [2.05, 4.69) is 27.1 Å². The van der Waals surface area contributed by atoms with Gasteiger partial charge in [0.05, 0.1) is 5.69 Å². The molecule has 1 aromatic heterocycles. The van der Waals surface area contributed by atoms with Crippen molar-refractivity contribution in [2.24, 2.45) is 5.41 Å². The average molecular weight is 376 g/mol. The minimum absolute atomic E-state index is 0.183. The van der Waals surface area contributed by atoms with Crippen LogP contribution in [-0.2, 0) is 17.9 Å². The third-order valence-corrected chi connectivity index (χ3v) is 5.81. The minimum atomic E-state index is -0.608. The van der Waals surface area contributed by atoms with Crippen molar-refractivity contribution in [1.82, 2.24) is 25.1 Å². The molecule has 0 radical (unpaired) electrons. The summed E-state index contributed by atoms with van der Waals surface area (Å²) < 4.78 is 2.26. The molecule has 1 saturated carbocycles. The lowest BCUT2D eigenvalue weighted by atomic mass is 9.86. The largest absolute Gasteiger partial charge is 0.357 e. The molecule has 1 aliphatic carbocycles. The molecule has 1 aromatic rings. The Labute approximate surface area is 161 Å². The molecular formula is C20H33N5O2. The van der Waals surface area contributed by atoms with E-state index in [0.29, 0.717) is 18.2 Å². The standard InChI is InChI=1S/C20H33N5O2/c1-20(2,3)16(19(27)21-4)23-18(26)15-14-12-24(5)10-11-25(14)17(22-15)13-8-6-7-9-13/h13,16H,6-12H2,1-5H3,(H,21,27)(H,23,26). The van der Waals surface area contributed by atoms with Gasteiger partial charge in [-0.3, -0.25) is 14.5 Å². The van der Waals surface area contributed by atoms with E-state index < -0.39 is 6.04 Å². The summed E-state index contributed by atoms with van der Waals surface area (Å²) in [7, 11) is 3.66. The molecule has 1 fully saturated rings. The van der Waals surface area contributed by atoms with Crippen LogP contribution < -0.4 is 10.6 Å². The molecule has 27 heavy (non-hydrogen) atoms. The molecule has 0 bridgehead atoms.